The second-order valence-corrected chi connectivity index (χ2v) is 8.05. The van der Waals surface area contributed by atoms with Crippen molar-refractivity contribution in [1.29, 1.82) is 0 Å². The van der Waals surface area contributed by atoms with Gasteiger partial charge in [-0.3, -0.25) is 10.1 Å². The molecular weight excluding hydrogens is 404 g/mol. The standard InChI is InChI=1S/C21H28N4O4S/c1-28-16-9-10-17(18(12-16)29-2)24-19(26)11-8-15-13-30-21(23-15)25-20(27)22-14-6-4-3-5-7-14/h9-10,12-14H,3-8,11H2,1-2H3,(H,24,26)(H2,22,23,25,27). The van der Waals surface area contributed by atoms with Crippen LogP contribution in [-0.4, -0.2) is 37.2 Å². The van der Waals surface area contributed by atoms with Crippen LogP contribution < -0.4 is 25.4 Å². The molecule has 0 atom stereocenters. The first-order valence-corrected chi connectivity index (χ1v) is 11.0. The minimum atomic E-state index is -0.216. The SMILES string of the molecule is COc1ccc(NC(=O)CCc2csc(NC(=O)NC3CCCCC3)n2)c(OC)c1. The van der Waals surface area contributed by atoms with Crippen LogP contribution in [0.2, 0.25) is 0 Å². The second kappa shape index (κ2) is 10.8. The van der Waals surface area contributed by atoms with E-state index in [1.54, 1.807) is 32.4 Å². The first-order valence-electron chi connectivity index (χ1n) is 10.1. The summed E-state index contributed by atoms with van der Waals surface area (Å²) in [5, 5.41) is 11.0. The average molecular weight is 433 g/mol. The van der Waals surface area contributed by atoms with Crippen molar-refractivity contribution in [2.75, 3.05) is 24.9 Å². The Morgan fingerprint density at radius 2 is 1.93 bits per heavy atom. The Bertz CT molecular complexity index is 864. The van der Waals surface area contributed by atoms with Crippen molar-refractivity contribution in [2.45, 2.75) is 51.0 Å². The molecule has 162 valence electrons. The van der Waals surface area contributed by atoms with Crippen molar-refractivity contribution in [3.8, 4) is 11.5 Å². The third kappa shape index (κ3) is 6.35. The molecule has 1 saturated carbocycles. The Morgan fingerprint density at radius 3 is 2.67 bits per heavy atom. The zero-order valence-corrected chi connectivity index (χ0v) is 18.1. The van der Waals surface area contributed by atoms with Crippen molar-refractivity contribution in [3.05, 3.63) is 29.3 Å². The number of carbonyl (C=O) groups is 2. The van der Waals surface area contributed by atoms with Crippen LogP contribution in [0.1, 0.15) is 44.2 Å². The van der Waals surface area contributed by atoms with Gasteiger partial charge in [0.1, 0.15) is 11.5 Å². The summed E-state index contributed by atoms with van der Waals surface area (Å²) in [6.07, 6.45) is 6.39. The molecule has 1 aromatic heterocycles. The van der Waals surface area contributed by atoms with E-state index in [-0.39, 0.29) is 24.4 Å². The van der Waals surface area contributed by atoms with Gasteiger partial charge in [-0.2, -0.15) is 0 Å². The quantitative estimate of drug-likeness (QED) is 0.581. The number of anilines is 2. The smallest absolute Gasteiger partial charge is 0.321 e. The molecule has 0 spiro atoms. The van der Waals surface area contributed by atoms with Crippen LogP contribution in [0.3, 0.4) is 0 Å². The Morgan fingerprint density at radius 1 is 1.13 bits per heavy atom. The fourth-order valence-corrected chi connectivity index (χ4v) is 4.14. The van der Waals surface area contributed by atoms with Crippen molar-refractivity contribution < 1.29 is 19.1 Å². The molecule has 1 aliphatic rings. The predicted octanol–water partition coefficient (Wildman–Crippen LogP) is 4.19. The molecule has 3 N–H and O–H groups in total. The number of carbonyl (C=O) groups excluding carboxylic acids is 2. The largest absolute Gasteiger partial charge is 0.497 e. The summed E-state index contributed by atoms with van der Waals surface area (Å²) in [6, 6.07) is 5.25. The maximum atomic E-state index is 12.3. The van der Waals surface area contributed by atoms with Gasteiger partial charge in [0.15, 0.2) is 5.13 Å². The molecule has 0 aliphatic heterocycles. The third-order valence-corrected chi connectivity index (χ3v) is 5.81. The van der Waals surface area contributed by atoms with E-state index in [4.69, 9.17) is 9.47 Å². The fourth-order valence-electron chi connectivity index (χ4n) is 3.40. The molecule has 1 heterocycles. The van der Waals surface area contributed by atoms with Gasteiger partial charge in [0.25, 0.3) is 0 Å². The Hall–Kier alpha value is -2.81. The van der Waals surface area contributed by atoms with E-state index in [2.05, 4.69) is 20.9 Å². The normalized spacial score (nSPS) is 14.1. The number of methoxy groups -OCH3 is 2. The van der Waals surface area contributed by atoms with Crippen LogP contribution in [0.25, 0.3) is 0 Å². The molecule has 0 bridgehead atoms. The van der Waals surface area contributed by atoms with Crippen LogP contribution in [0, 0.1) is 0 Å². The number of thiazole rings is 1. The number of nitrogens with one attached hydrogen (secondary N) is 3. The summed E-state index contributed by atoms with van der Waals surface area (Å²) in [5.41, 5.74) is 1.35. The predicted molar refractivity (Wildman–Crippen MR) is 118 cm³/mol. The molecule has 2 aromatic rings. The van der Waals surface area contributed by atoms with Crippen LogP contribution in [0.5, 0.6) is 11.5 Å². The van der Waals surface area contributed by atoms with Crippen molar-refractivity contribution in [2.24, 2.45) is 0 Å². The summed E-state index contributed by atoms with van der Waals surface area (Å²) >= 11 is 1.36. The average Bonchev–Trinajstić information content (AvgIpc) is 3.20. The number of ether oxygens (including phenoxy) is 2. The van der Waals surface area contributed by atoms with Gasteiger partial charge in [0, 0.05) is 23.9 Å². The summed E-state index contributed by atoms with van der Waals surface area (Å²) in [7, 11) is 3.11. The summed E-state index contributed by atoms with van der Waals surface area (Å²) < 4.78 is 10.5. The molecule has 1 fully saturated rings. The molecule has 3 rings (SSSR count). The first-order chi connectivity index (χ1) is 14.6. The fraction of sp³-hybridized carbons (Fsp3) is 0.476. The summed E-state index contributed by atoms with van der Waals surface area (Å²) in [5.74, 6) is 1.04. The molecule has 0 unspecified atom stereocenters. The number of hydrogen-bond donors (Lipinski definition) is 3. The molecule has 0 saturated heterocycles. The van der Waals surface area contributed by atoms with E-state index >= 15 is 0 Å². The van der Waals surface area contributed by atoms with Gasteiger partial charge in [0.05, 0.1) is 25.6 Å². The van der Waals surface area contributed by atoms with Gasteiger partial charge in [-0.25, -0.2) is 9.78 Å². The third-order valence-electron chi connectivity index (χ3n) is 5.00. The van der Waals surface area contributed by atoms with E-state index in [1.807, 2.05) is 5.38 Å². The maximum absolute atomic E-state index is 12.3. The number of aryl methyl sites for hydroxylation is 1. The number of nitrogens with zero attached hydrogens (tertiary/aromatic N) is 1. The van der Waals surface area contributed by atoms with Crippen LogP contribution in [0.15, 0.2) is 23.6 Å². The van der Waals surface area contributed by atoms with Gasteiger partial charge in [-0.1, -0.05) is 19.3 Å². The number of amides is 3. The highest BCUT2D eigenvalue weighted by Crippen LogP contribution is 2.29. The van der Waals surface area contributed by atoms with Gasteiger partial charge in [-0.15, -0.1) is 11.3 Å². The lowest BCUT2D eigenvalue weighted by molar-refractivity contribution is -0.116. The molecule has 1 aliphatic carbocycles. The van der Waals surface area contributed by atoms with E-state index in [0.29, 0.717) is 28.7 Å². The van der Waals surface area contributed by atoms with Gasteiger partial charge in [0.2, 0.25) is 5.91 Å². The first kappa shape index (κ1) is 21.9. The van der Waals surface area contributed by atoms with E-state index < -0.39 is 0 Å². The van der Waals surface area contributed by atoms with Crippen molar-refractivity contribution in [3.63, 3.8) is 0 Å². The Kier molecular flexibility index (Phi) is 7.89. The number of aromatic nitrogens is 1. The van der Waals surface area contributed by atoms with Gasteiger partial charge in [-0.05, 0) is 31.4 Å². The van der Waals surface area contributed by atoms with Crippen LogP contribution in [-0.2, 0) is 11.2 Å². The number of benzene rings is 1. The Labute approximate surface area is 180 Å². The molecule has 30 heavy (non-hydrogen) atoms. The van der Waals surface area contributed by atoms with Crippen molar-refractivity contribution in [1.82, 2.24) is 10.3 Å². The molecule has 9 heteroatoms. The molecular formula is C21H28N4O4S. The van der Waals surface area contributed by atoms with Crippen LogP contribution in [0.4, 0.5) is 15.6 Å². The van der Waals surface area contributed by atoms with Gasteiger partial charge >= 0.3 is 6.03 Å². The van der Waals surface area contributed by atoms with E-state index in [1.165, 1.54) is 17.8 Å². The second-order valence-electron chi connectivity index (χ2n) is 7.19. The highest BCUT2D eigenvalue weighted by molar-refractivity contribution is 7.13. The lowest BCUT2D eigenvalue weighted by Crippen LogP contribution is -2.38. The maximum Gasteiger partial charge on any atom is 0.321 e. The monoisotopic (exact) mass is 432 g/mol. The summed E-state index contributed by atoms with van der Waals surface area (Å²) in [4.78, 5) is 28.8. The number of hydrogen-bond acceptors (Lipinski definition) is 6. The van der Waals surface area contributed by atoms with E-state index in [9.17, 15) is 9.59 Å². The molecule has 8 nitrogen and oxygen atoms in total. The summed E-state index contributed by atoms with van der Waals surface area (Å²) in [6.45, 7) is 0. The van der Waals surface area contributed by atoms with Crippen LogP contribution >= 0.6 is 11.3 Å². The Balaban J connectivity index is 1.45. The molecule has 3 amide bonds. The minimum Gasteiger partial charge on any atom is -0.497 e. The highest BCUT2D eigenvalue weighted by Gasteiger charge is 2.16. The highest BCUT2D eigenvalue weighted by atomic mass is 32.1. The van der Waals surface area contributed by atoms with E-state index in [0.717, 1.165) is 31.4 Å². The molecule has 0 radical (unpaired) electrons. The zero-order valence-electron chi connectivity index (χ0n) is 17.3. The number of rotatable bonds is 8. The van der Waals surface area contributed by atoms with Gasteiger partial charge < -0.3 is 20.1 Å². The zero-order chi connectivity index (χ0) is 21.3. The van der Waals surface area contributed by atoms with Crippen molar-refractivity contribution >= 4 is 34.1 Å². The minimum absolute atomic E-state index is 0.143. The lowest BCUT2D eigenvalue weighted by atomic mass is 9.96. The number of urea groups is 1. The molecule has 1 aromatic carbocycles. The topological polar surface area (TPSA) is 102 Å². The lowest BCUT2D eigenvalue weighted by Gasteiger charge is -2.22.